The fraction of sp³-hybridized carbons (Fsp3) is 0.0286. The Hall–Kier alpha value is -17.7. The number of para-hydroxylation sites is 2. The molecule has 1 aliphatic carbocycles. The van der Waals surface area contributed by atoms with Crippen LogP contribution in [0, 0.1) is 27.7 Å². The summed E-state index contributed by atoms with van der Waals surface area (Å²) in [6.07, 6.45) is 0. The van der Waals surface area contributed by atoms with Crippen molar-refractivity contribution >= 4 is 96.4 Å². The third kappa shape index (κ3) is 17.3. The SMILES string of the molecule is Cc1cc(-c2ccccc2)cc(-c2ccc(-c3ccc4c(c3)-c3cccc5cccc-4c35)cc2)c1.Cc1cc(-c2ccccc2)cc(-c2ccc(-c3ccc4c(c3)sc3ccccc34)cc2)c1.Cc1cc(-c2ccccc2)cc(-c2cccc(-c3ccc(-n4c5ccccc5c5ccccc54)cc3)c2)c1.Cc1cc(-c2ccccc2)cc(-c2cccc(-c3ccc4c5ccccc5c5ccccc5c4c3)c2)c1. The van der Waals surface area contributed by atoms with Crippen molar-refractivity contribution in [3.8, 4) is 161 Å². The summed E-state index contributed by atoms with van der Waals surface area (Å²) in [7, 11) is 0. The van der Waals surface area contributed by atoms with Crippen LogP contribution in [0.15, 0.2) is 528 Å². The zero-order valence-corrected chi connectivity index (χ0v) is 80.4. The summed E-state index contributed by atoms with van der Waals surface area (Å²) < 4.78 is 5.06. The highest BCUT2D eigenvalue weighted by Crippen LogP contribution is 2.50. The number of aryl methyl sites for hydroxylation is 4. The highest BCUT2D eigenvalue weighted by molar-refractivity contribution is 7.25. The average molecular weight is 1830 g/mol. The zero-order valence-electron chi connectivity index (χ0n) is 79.6. The largest absolute Gasteiger partial charge is 0.309 e. The highest BCUT2D eigenvalue weighted by atomic mass is 32.1. The topological polar surface area (TPSA) is 4.93 Å². The molecular formula is C140H99NS. The van der Waals surface area contributed by atoms with Crippen molar-refractivity contribution < 1.29 is 0 Å². The van der Waals surface area contributed by atoms with E-state index in [0.717, 1.165) is 0 Å². The highest BCUT2D eigenvalue weighted by Gasteiger charge is 2.23. The van der Waals surface area contributed by atoms with Crippen molar-refractivity contribution in [2.45, 2.75) is 27.7 Å². The predicted molar refractivity (Wildman–Crippen MR) is 612 cm³/mol. The predicted octanol–water partition coefficient (Wildman–Crippen LogP) is 39.7. The van der Waals surface area contributed by atoms with E-state index in [1.54, 1.807) is 0 Å². The van der Waals surface area contributed by atoms with Gasteiger partial charge >= 0.3 is 0 Å². The van der Waals surface area contributed by atoms with Gasteiger partial charge in [-0.2, -0.15) is 0 Å². The number of thiophene rings is 1. The Bertz CT molecular complexity index is 9170. The number of hydrogen-bond acceptors (Lipinski definition) is 1. The molecule has 0 atom stereocenters. The monoisotopic (exact) mass is 1830 g/mol. The van der Waals surface area contributed by atoms with Gasteiger partial charge in [0.05, 0.1) is 11.0 Å². The van der Waals surface area contributed by atoms with Gasteiger partial charge in [0, 0.05) is 36.6 Å². The van der Waals surface area contributed by atoms with Crippen LogP contribution >= 0.6 is 11.3 Å². The second-order valence-corrected chi connectivity index (χ2v) is 38.8. The van der Waals surface area contributed by atoms with E-state index in [0.29, 0.717) is 0 Å². The molecule has 24 aromatic carbocycles. The molecule has 27 rings (SSSR count). The maximum atomic E-state index is 2.37. The number of fused-ring (bicyclic) bond motifs is 15. The molecule has 0 spiro atoms. The van der Waals surface area contributed by atoms with Crippen LogP contribution in [0.4, 0.5) is 0 Å². The number of rotatable bonds is 13. The van der Waals surface area contributed by atoms with Gasteiger partial charge in [0.2, 0.25) is 0 Å². The lowest BCUT2D eigenvalue weighted by Crippen LogP contribution is -1.93. The Morgan fingerprint density at radius 3 is 0.831 bits per heavy atom. The lowest BCUT2D eigenvalue weighted by Gasteiger charge is -2.13. The molecule has 1 nitrogen and oxygen atoms in total. The van der Waals surface area contributed by atoms with Crippen LogP contribution in [0.2, 0.25) is 0 Å². The number of nitrogens with zero attached hydrogens (tertiary/aromatic N) is 1. The normalized spacial score (nSPS) is 11.4. The summed E-state index contributed by atoms with van der Waals surface area (Å²) in [5.41, 5.74) is 44.0. The van der Waals surface area contributed by atoms with E-state index >= 15 is 0 Å². The summed E-state index contributed by atoms with van der Waals surface area (Å²) in [4.78, 5) is 0. The van der Waals surface area contributed by atoms with Crippen LogP contribution in [0.3, 0.4) is 0 Å². The first kappa shape index (κ1) is 87.1. The van der Waals surface area contributed by atoms with Gasteiger partial charge in [0.25, 0.3) is 0 Å². The van der Waals surface area contributed by atoms with Gasteiger partial charge in [0.15, 0.2) is 0 Å². The zero-order chi connectivity index (χ0) is 95.1. The van der Waals surface area contributed by atoms with Crippen LogP contribution < -0.4 is 0 Å². The second kappa shape index (κ2) is 38.0. The Kier molecular flexibility index (Phi) is 23.3. The van der Waals surface area contributed by atoms with Crippen LogP contribution in [0.5, 0.6) is 0 Å². The molecule has 2 aromatic heterocycles. The second-order valence-electron chi connectivity index (χ2n) is 37.7. The molecule has 0 aliphatic heterocycles. The first-order valence-corrected chi connectivity index (χ1v) is 49.9. The van der Waals surface area contributed by atoms with E-state index < -0.39 is 0 Å². The molecule has 0 radical (unpaired) electrons. The Morgan fingerprint density at radius 2 is 0.401 bits per heavy atom. The van der Waals surface area contributed by atoms with Crippen molar-refractivity contribution in [2.24, 2.45) is 0 Å². The Morgan fingerprint density at radius 1 is 0.141 bits per heavy atom. The molecule has 26 aromatic rings. The van der Waals surface area contributed by atoms with Crippen LogP contribution in [0.25, 0.3) is 247 Å². The van der Waals surface area contributed by atoms with Crippen molar-refractivity contribution in [1.82, 2.24) is 4.57 Å². The molecule has 0 unspecified atom stereocenters. The molecule has 1 aliphatic rings. The lowest BCUT2D eigenvalue weighted by molar-refractivity contribution is 1.18. The minimum absolute atomic E-state index is 1.17. The Labute approximate surface area is 833 Å². The maximum Gasteiger partial charge on any atom is 0.0541 e. The lowest BCUT2D eigenvalue weighted by atomic mass is 9.91. The van der Waals surface area contributed by atoms with E-state index in [2.05, 4.69) is 560 Å². The summed E-state index contributed by atoms with van der Waals surface area (Å²) in [5.74, 6) is 0. The molecule has 2 heteroatoms. The number of hydrogen-bond donors (Lipinski definition) is 0. The van der Waals surface area contributed by atoms with E-state index in [9.17, 15) is 0 Å². The molecule has 2 heterocycles. The van der Waals surface area contributed by atoms with Crippen LogP contribution in [-0.2, 0) is 0 Å². The van der Waals surface area contributed by atoms with E-state index in [1.165, 1.54) is 269 Å². The van der Waals surface area contributed by atoms with Gasteiger partial charge < -0.3 is 4.57 Å². The molecule has 0 amide bonds. The van der Waals surface area contributed by atoms with Crippen molar-refractivity contribution in [2.75, 3.05) is 0 Å². The third-order valence-electron chi connectivity index (χ3n) is 28.2. The van der Waals surface area contributed by atoms with Gasteiger partial charge in [-0.25, -0.2) is 0 Å². The van der Waals surface area contributed by atoms with Crippen molar-refractivity contribution in [3.63, 3.8) is 0 Å². The van der Waals surface area contributed by atoms with Crippen LogP contribution in [-0.4, -0.2) is 4.57 Å². The summed E-state index contributed by atoms with van der Waals surface area (Å²) in [6.45, 7) is 8.70. The molecule has 0 fully saturated rings. The molecule has 0 saturated carbocycles. The van der Waals surface area contributed by atoms with Gasteiger partial charge in [-0.1, -0.05) is 443 Å². The minimum atomic E-state index is 1.17. The summed E-state index contributed by atoms with van der Waals surface area (Å²) in [5, 5.41) is 15.8. The number of benzene rings is 24. The Balaban J connectivity index is 0.000000102. The molecule has 670 valence electrons. The average Bonchev–Trinajstić information content (AvgIpc) is 1.69. The van der Waals surface area contributed by atoms with Crippen molar-refractivity contribution in [1.29, 1.82) is 0 Å². The van der Waals surface area contributed by atoms with Crippen molar-refractivity contribution in [3.05, 3.63) is 550 Å². The standard InChI is InChI=1S/C37H27N.C37H26.C35H24.C31H22S/c1-26-22-31(27-10-3-2-4-11-27)25-32(23-26)30-13-9-12-29(24-30)28-18-20-33(21-19-28)38-36-16-7-5-14-34(36)35-15-6-8-17-37(35)38;1-25-20-30(26-10-3-2-4-11-26)23-31(21-25)28-13-9-12-27(22-28)29-18-19-36-34-16-6-5-14-32(34)33-15-7-8-17-35(33)37(36)24-29;1-23-19-29(24-7-3-2-4-8-24)21-30(20-23)26-15-13-25(14-16-26)28-17-18-31-32-11-5-9-27-10-6-12-33(35(27)32)34(31)22-28;1-21-17-26(22-7-3-2-4-8-22)19-27(18-21)24-13-11-23(12-14-24)25-15-16-29-28-9-5-6-10-30(28)32-31(29)20-25/h2-25H,1H3;2-24H,1H3;2-22H,1H3;2-20H,1H3. The fourth-order valence-corrected chi connectivity index (χ4v) is 22.6. The van der Waals surface area contributed by atoms with Gasteiger partial charge in [-0.3, -0.25) is 0 Å². The summed E-state index contributed by atoms with van der Waals surface area (Å²) in [6, 6.07) is 192. The quantitative estimate of drug-likeness (QED) is 0.101. The van der Waals surface area contributed by atoms with E-state index in [4.69, 9.17) is 0 Å². The first-order chi connectivity index (χ1) is 70.0. The van der Waals surface area contributed by atoms with Gasteiger partial charge in [-0.05, 0) is 334 Å². The molecule has 0 N–H and O–H groups in total. The maximum absolute atomic E-state index is 2.37. The van der Waals surface area contributed by atoms with E-state index in [1.807, 2.05) is 11.3 Å². The van der Waals surface area contributed by atoms with Gasteiger partial charge in [-0.15, -0.1) is 11.3 Å². The fourth-order valence-electron chi connectivity index (χ4n) is 21.4. The van der Waals surface area contributed by atoms with Crippen LogP contribution in [0.1, 0.15) is 22.3 Å². The molecule has 0 bridgehead atoms. The van der Waals surface area contributed by atoms with E-state index in [-0.39, 0.29) is 0 Å². The third-order valence-corrected chi connectivity index (χ3v) is 29.4. The molecule has 0 saturated heterocycles. The first-order valence-electron chi connectivity index (χ1n) is 49.1. The van der Waals surface area contributed by atoms with Gasteiger partial charge in [0.1, 0.15) is 0 Å². The molecule has 142 heavy (non-hydrogen) atoms. The molecular weight excluding hydrogens is 1730 g/mol. The smallest absolute Gasteiger partial charge is 0.0541 e. The minimum Gasteiger partial charge on any atom is -0.309 e. The summed E-state index contributed by atoms with van der Waals surface area (Å²) >= 11 is 1.87. The number of aromatic nitrogens is 1.